The van der Waals surface area contributed by atoms with Crippen molar-refractivity contribution in [2.24, 2.45) is 5.92 Å². The van der Waals surface area contributed by atoms with Crippen LogP contribution in [0.2, 0.25) is 0 Å². The van der Waals surface area contributed by atoms with Crippen molar-refractivity contribution in [1.82, 2.24) is 0 Å². The molecule has 0 spiro atoms. The predicted octanol–water partition coefficient (Wildman–Crippen LogP) is 9.61. The second kappa shape index (κ2) is 12.1. The highest BCUT2D eigenvalue weighted by molar-refractivity contribution is 5.65. The summed E-state index contributed by atoms with van der Waals surface area (Å²) in [6.07, 6.45) is -0.767. The molecule has 0 atom stereocenters. The second-order valence-electron chi connectivity index (χ2n) is 9.34. The van der Waals surface area contributed by atoms with Crippen LogP contribution in [0.25, 0.3) is 11.1 Å². The van der Waals surface area contributed by atoms with E-state index in [4.69, 9.17) is 0 Å². The van der Waals surface area contributed by atoms with Gasteiger partial charge in [-0.3, -0.25) is 4.39 Å². The number of hydrogen-bond acceptors (Lipinski definition) is 1. The number of unbranched alkanes of at least 4 members (excludes halogenated alkanes) is 4. The van der Waals surface area contributed by atoms with Gasteiger partial charge in [-0.15, -0.1) is 0 Å². The lowest BCUT2D eigenvalue weighted by molar-refractivity contribution is -0.360. The van der Waals surface area contributed by atoms with Crippen LogP contribution in [-0.2, 0) is 0 Å². The fourth-order valence-corrected chi connectivity index (χ4v) is 4.77. The molecule has 8 heteroatoms. The SMILES string of the molecule is FCCCCCCCC1CCC(c2ccc(-c3ccc(OC(F)(F)C(F)(F)F)cc3)c(F)c2)CC1. The average Bonchev–Trinajstić information content (AvgIpc) is 2.81. The summed E-state index contributed by atoms with van der Waals surface area (Å²) in [6.45, 7) is -0.236. The number of ether oxygens (including phenoxy) is 1. The number of rotatable bonds is 11. The Balaban J connectivity index is 1.53. The molecule has 1 saturated carbocycles. The van der Waals surface area contributed by atoms with Crippen molar-refractivity contribution in [3.8, 4) is 16.9 Å². The molecule has 0 unspecified atom stereocenters. The smallest absolute Gasteiger partial charge is 0.426 e. The van der Waals surface area contributed by atoms with Crippen LogP contribution >= 0.6 is 0 Å². The van der Waals surface area contributed by atoms with Gasteiger partial charge in [-0.1, -0.05) is 56.4 Å². The monoisotopic (exact) mass is 504 g/mol. The van der Waals surface area contributed by atoms with E-state index in [2.05, 4.69) is 4.74 Å². The van der Waals surface area contributed by atoms with Crippen molar-refractivity contribution >= 4 is 0 Å². The Kier molecular flexibility index (Phi) is 9.47. The third-order valence-electron chi connectivity index (χ3n) is 6.80. The number of hydrogen-bond donors (Lipinski definition) is 0. The maximum Gasteiger partial charge on any atom is 0.499 e. The van der Waals surface area contributed by atoms with Gasteiger partial charge in [-0.2, -0.15) is 22.0 Å². The molecule has 1 fully saturated rings. The van der Waals surface area contributed by atoms with E-state index in [1.165, 1.54) is 31.0 Å². The molecule has 0 heterocycles. The average molecular weight is 505 g/mol. The normalized spacial score (nSPS) is 19.1. The molecular weight excluding hydrogens is 473 g/mol. The standard InChI is InChI=1S/C27H31F7O/c28-17-5-3-1-2-4-6-19-7-9-20(10-8-19)22-13-16-24(25(29)18-22)21-11-14-23(15-12-21)35-27(33,34)26(30,31)32/h11-16,18-20H,1-10,17H2. The Morgan fingerprint density at radius 3 is 2.00 bits per heavy atom. The predicted molar refractivity (Wildman–Crippen MR) is 122 cm³/mol. The molecule has 1 aliphatic rings. The lowest BCUT2D eigenvalue weighted by Gasteiger charge is -2.29. The lowest BCUT2D eigenvalue weighted by Crippen LogP contribution is -2.41. The van der Waals surface area contributed by atoms with Crippen LogP contribution in [0.5, 0.6) is 5.75 Å². The molecular formula is C27H31F7O. The quantitative estimate of drug-likeness (QED) is 0.219. The number of halogens is 7. The maximum absolute atomic E-state index is 14.9. The molecule has 0 bridgehead atoms. The van der Waals surface area contributed by atoms with Gasteiger partial charge < -0.3 is 4.74 Å². The molecule has 3 rings (SSSR count). The van der Waals surface area contributed by atoms with Gasteiger partial charge in [0.2, 0.25) is 0 Å². The molecule has 35 heavy (non-hydrogen) atoms. The lowest BCUT2D eigenvalue weighted by atomic mass is 9.77. The van der Waals surface area contributed by atoms with Gasteiger partial charge in [0.25, 0.3) is 0 Å². The van der Waals surface area contributed by atoms with E-state index in [1.54, 1.807) is 6.07 Å². The highest BCUT2D eigenvalue weighted by Crippen LogP contribution is 2.40. The van der Waals surface area contributed by atoms with Crippen molar-refractivity contribution in [1.29, 1.82) is 0 Å². The summed E-state index contributed by atoms with van der Waals surface area (Å²) in [4.78, 5) is 0. The van der Waals surface area contributed by atoms with Crippen molar-refractivity contribution in [2.45, 2.75) is 82.4 Å². The summed E-state index contributed by atoms with van der Waals surface area (Å²) < 4.78 is 93.8. The molecule has 1 nitrogen and oxygen atoms in total. The number of alkyl halides is 6. The third-order valence-corrected chi connectivity index (χ3v) is 6.80. The van der Waals surface area contributed by atoms with Crippen LogP contribution < -0.4 is 4.74 Å². The molecule has 0 aromatic heterocycles. The van der Waals surface area contributed by atoms with Crippen molar-refractivity contribution in [2.75, 3.05) is 6.67 Å². The summed E-state index contributed by atoms with van der Waals surface area (Å²) in [6, 6.07) is 9.40. The minimum Gasteiger partial charge on any atom is -0.426 e. The summed E-state index contributed by atoms with van der Waals surface area (Å²) in [5.74, 6) is -0.168. The van der Waals surface area contributed by atoms with Crippen LogP contribution in [0, 0.1) is 11.7 Å². The Bertz CT molecular complexity index is 916. The first-order valence-corrected chi connectivity index (χ1v) is 12.2. The first kappa shape index (κ1) is 27.3. The molecule has 1 aliphatic carbocycles. The first-order valence-electron chi connectivity index (χ1n) is 12.2. The van der Waals surface area contributed by atoms with Crippen LogP contribution in [0.3, 0.4) is 0 Å². The van der Waals surface area contributed by atoms with E-state index in [0.29, 0.717) is 17.9 Å². The van der Waals surface area contributed by atoms with E-state index in [0.717, 1.165) is 62.6 Å². The van der Waals surface area contributed by atoms with E-state index in [-0.39, 0.29) is 18.2 Å². The van der Waals surface area contributed by atoms with Gasteiger partial charge in [-0.05, 0) is 73.3 Å². The maximum atomic E-state index is 14.9. The van der Waals surface area contributed by atoms with Gasteiger partial charge in [-0.25, -0.2) is 4.39 Å². The fraction of sp³-hybridized carbons (Fsp3) is 0.556. The Labute approximate surface area is 201 Å². The molecule has 0 radical (unpaired) electrons. The van der Waals surface area contributed by atoms with Crippen molar-refractivity contribution in [3.05, 3.63) is 53.8 Å². The van der Waals surface area contributed by atoms with Crippen molar-refractivity contribution in [3.63, 3.8) is 0 Å². The fourth-order valence-electron chi connectivity index (χ4n) is 4.77. The van der Waals surface area contributed by atoms with E-state index in [9.17, 15) is 30.7 Å². The molecule has 0 amide bonds. The van der Waals surface area contributed by atoms with Gasteiger partial charge in [0.15, 0.2) is 0 Å². The zero-order valence-corrected chi connectivity index (χ0v) is 19.5. The highest BCUT2D eigenvalue weighted by Gasteiger charge is 2.61. The van der Waals surface area contributed by atoms with E-state index >= 15 is 0 Å². The Morgan fingerprint density at radius 1 is 0.771 bits per heavy atom. The Hall–Kier alpha value is -2.25. The molecule has 2 aromatic rings. The third kappa shape index (κ3) is 7.61. The molecule has 2 aromatic carbocycles. The Morgan fingerprint density at radius 2 is 1.40 bits per heavy atom. The molecule has 0 saturated heterocycles. The van der Waals surface area contributed by atoms with E-state index in [1.807, 2.05) is 6.07 Å². The molecule has 194 valence electrons. The highest BCUT2D eigenvalue weighted by atomic mass is 19.4. The van der Waals surface area contributed by atoms with Crippen LogP contribution in [0.4, 0.5) is 30.7 Å². The van der Waals surface area contributed by atoms with Gasteiger partial charge in [0.1, 0.15) is 11.6 Å². The zero-order valence-electron chi connectivity index (χ0n) is 19.5. The first-order chi connectivity index (χ1) is 16.6. The molecule has 0 N–H and O–H groups in total. The topological polar surface area (TPSA) is 9.23 Å². The van der Waals surface area contributed by atoms with Crippen molar-refractivity contribution < 1.29 is 35.5 Å². The van der Waals surface area contributed by atoms with Crippen LogP contribution in [-0.4, -0.2) is 19.0 Å². The zero-order chi connectivity index (χ0) is 25.5. The summed E-state index contributed by atoms with van der Waals surface area (Å²) >= 11 is 0. The van der Waals surface area contributed by atoms with Gasteiger partial charge in [0, 0.05) is 5.56 Å². The largest absolute Gasteiger partial charge is 0.499 e. The second-order valence-corrected chi connectivity index (χ2v) is 9.34. The van der Waals surface area contributed by atoms with Crippen LogP contribution in [0.1, 0.15) is 75.7 Å². The molecule has 0 aliphatic heterocycles. The summed E-state index contributed by atoms with van der Waals surface area (Å²) in [5, 5.41) is 0. The van der Waals surface area contributed by atoms with E-state index < -0.39 is 23.9 Å². The summed E-state index contributed by atoms with van der Waals surface area (Å²) in [7, 11) is 0. The minimum atomic E-state index is -5.83. The van der Waals surface area contributed by atoms with Gasteiger partial charge in [0.05, 0.1) is 6.67 Å². The van der Waals surface area contributed by atoms with Crippen LogP contribution in [0.15, 0.2) is 42.5 Å². The summed E-state index contributed by atoms with van der Waals surface area (Å²) in [5.41, 5.74) is 1.51. The minimum absolute atomic E-state index is 0.236. The number of benzene rings is 2. The van der Waals surface area contributed by atoms with Gasteiger partial charge >= 0.3 is 12.3 Å².